The van der Waals surface area contributed by atoms with Crippen molar-refractivity contribution in [2.75, 3.05) is 6.61 Å². The normalized spacial score (nSPS) is 12.1. The van der Waals surface area contributed by atoms with Crippen LogP contribution in [0.3, 0.4) is 0 Å². The predicted molar refractivity (Wildman–Crippen MR) is 135 cm³/mol. The second-order valence-corrected chi connectivity index (χ2v) is 11.2. The molecule has 10 heteroatoms. The number of nitro benzene ring substituents is 1. The number of phenolic OH excluding ortho intramolecular Hbond substituents is 1. The molecule has 0 saturated heterocycles. The highest BCUT2D eigenvalue weighted by atomic mass is 79.9. The van der Waals surface area contributed by atoms with E-state index in [1.54, 1.807) is 0 Å². The molecule has 2 N–H and O–H groups in total. The molecule has 0 aromatic heterocycles. The smallest absolute Gasteiger partial charge is 0.277 e. The van der Waals surface area contributed by atoms with Crippen LogP contribution in [0.15, 0.2) is 44.4 Å². The monoisotopic (exact) mass is 583 g/mol. The Balaban J connectivity index is 2.04. The van der Waals surface area contributed by atoms with Crippen molar-refractivity contribution >= 4 is 49.7 Å². The van der Waals surface area contributed by atoms with E-state index in [1.807, 2.05) is 12.1 Å². The molecule has 0 saturated carbocycles. The fourth-order valence-corrected chi connectivity index (χ4v) is 5.03. The summed E-state index contributed by atoms with van der Waals surface area (Å²) >= 11 is 7.06. The summed E-state index contributed by atoms with van der Waals surface area (Å²) in [5, 5.41) is 24.3. The first-order valence-electron chi connectivity index (χ1n) is 10.1. The van der Waals surface area contributed by atoms with Crippen molar-refractivity contribution < 1.29 is 19.6 Å². The Bertz CT molecular complexity index is 1060. The van der Waals surface area contributed by atoms with Gasteiger partial charge in [-0.15, -0.1) is 0 Å². The summed E-state index contributed by atoms with van der Waals surface area (Å²) in [6, 6.07) is 7.49. The van der Waals surface area contributed by atoms with Crippen LogP contribution in [-0.4, -0.2) is 28.8 Å². The zero-order valence-corrected chi connectivity index (χ0v) is 22.3. The van der Waals surface area contributed by atoms with Gasteiger partial charge in [-0.05, 0) is 72.9 Å². The van der Waals surface area contributed by atoms with E-state index in [1.165, 1.54) is 12.1 Å². The fraction of sp³-hybridized carbons (Fsp3) is 0.391. The largest absolute Gasteiger partial charge is 0.507 e. The first kappa shape index (κ1) is 26.8. The molecule has 0 atom stereocenters. The summed E-state index contributed by atoms with van der Waals surface area (Å²) in [6.07, 6.45) is 2.11. The van der Waals surface area contributed by atoms with E-state index >= 15 is 0 Å². The molecule has 178 valence electrons. The number of halogens is 2. The van der Waals surface area contributed by atoms with Crippen LogP contribution in [0, 0.1) is 15.5 Å². The number of benzene rings is 2. The van der Waals surface area contributed by atoms with Gasteiger partial charge >= 0.3 is 0 Å². The molecule has 0 bridgehead atoms. The molecule has 0 heterocycles. The van der Waals surface area contributed by atoms with E-state index in [9.17, 15) is 20.0 Å². The molecule has 2 rings (SSSR count). The number of ether oxygens (including phenoxy) is 1. The van der Waals surface area contributed by atoms with Gasteiger partial charge in [0, 0.05) is 17.7 Å². The van der Waals surface area contributed by atoms with Crippen LogP contribution in [0.2, 0.25) is 0 Å². The lowest BCUT2D eigenvalue weighted by Gasteiger charge is -2.33. The number of nitro groups is 1. The third-order valence-electron chi connectivity index (χ3n) is 4.71. The summed E-state index contributed by atoms with van der Waals surface area (Å²) in [7, 11) is 0. The minimum Gasteiger partial charge on any atom is -0.507 e. The molecule has 0 unspecified atom stereocenters. The van der Waals surface area contributed by atoms with Gasteiger partial charge in [-0.3, -0.25) is 14.9 Å². The van der Waals surface area contributed by atoms with Gasteiger partial charge < -0.3 is 9.84 Å². The lowest BCUT2D eigenvalue weighted by atomic mass is 9.72. The molecule has 0 aliphatic carbocycles. The van der Waals surface area contributed by atoms with Crippen molar-refractivity contribution in [2.24, 2.45) is 10.5 Å². The Morgan fingerprint density at radius 3 is 2.33 bits per heavy atom. The van der Waals surface area contributed by atoms with Crippen molar-refractivity contribution in [1.82, 2.24) is 5.43 Å². The zero-order chi connectivity index (χ0) is 25.0. The number of aromatic hydroxyl groups is 1. The van der Waals surface area contributed by atoms with Crippen LogP contribution in [0.5, 0.6) is 11.5 Å². The quantitative estimate of drug-likeness (QED) is 0.222. The van der Waals surface area contributed by atoms with E-state index in [0.29, 0.717) is 14.7 Å². The Morgan fingerprint density at radius 1 is 1.18 bits per heavy atom. The van der Waals surface area contributed by atoms with Crippen molar-refractivity contribution in [2.45, 2.75) is 46.5 Å². The van der Waals surface area contributed by atoms with E-state index in [4.69, 9.17) is 4.74 Å². The molecule has 2 aromatic rings. The Hall–Kier alpha value is -2.46. The lowest BCUT2D eigenvalue weighted by molar-refractivity contribution is -0.384. The van der Waals surface area contributed by atoms with Crippen LogP contribution in [0.1, 0.15) is 52.2 Å². The first-order valence-corrected chi connectivity index (χ1v) is 11.7. The van der Waals surface area contributed by atoms with Crippen LogP contribution < -0.4 is 10.2 Å². The number of phenols is 1. The number of carbonyl (C=O) groups is 1. The van der Waals surface area contributed by atoms with E-state index in [0.717, 1.165) is 24.3 Å². The minimum atomic E-state index is -0.589. The van der Waals surface area contributed by atoms with Gasteiger partial charge in [0.1, 0.15) is 11.5 Å². The van der Waals surface area contributed by atoms with Gasteiger partial charge in [0.05, 0.1) is 20.1 Å². The molecule has 0 spiro atoms. The Labute approximate surface area is 209 Å². The molecule has 0 aliphatic heterocycles. The maximum absolute atomic E-state index is 12.1. The zero-order valence-electron chi connectivity index (χ0n) is 19.1. The average Bonchev–Trinajstić information content (AvgIpc) is 2.66. The molecule has 0 fully saturated rings. The molecule has 0 radical (unpaired) electrons. The molecule has 33 heavy (non-hydrogen) atoms. The number of nitrogens with one attached hydrogen (secondary N) is 1. The van der Waals surface area contributed by atoms with Crippen LogP contribution in [0.25, 0.3) is 0 Å². The summed E-state index contributed by atoms with van der Waals surface area (Å²) in [6.45, 7) is 10.7. The average molecular weight is 585 g/mol. The summed E-state index contributed by atoms with van der Waals surface area (Å²) in [5.74, 6) is -0.245. The third kappa shape index (κ3) is 7.82. The molecule has 1 amide bonds. The number of hydrazone groups is 1. The van der Waals surface area contributed by atoms with E-state index in [2.05, 4.69) is 77.0 Å². The topological polar surface area (TPSA) is 114 Å². The number of rotatable bonds is 8. The number of carbonyl (C=O) groups excluding carboxylic acids is 1. The van der Waals surface area contributed by atoms with Crippen molar-refractivity contribution in [1.29, 1.82) is 0 Å². The second kappa shape index (κ2) is 10.6. The van der Waals surface area contributed by atoms with Crippen LogP contribution in [0.4, 0.5) is 5.69 Å². The van der Waals surface area contributed by atoms with Gasteiger partial charge in [0.15, 0.2) is 6.61 Å². The fourth-order valence-electron chi connectivity index (χ4n) is 3.62. The molecular formula is C23H27Br2N3O5. The van der Waals surface area contributed by atoms with E-state index < -0.39 is 10.8 Å². The van der Waals surface area contributed by atoms with Gasteiger partial charge in [-0.2, -0.15) is 5.10 Å². The lowest BCUT2D eigenvalue weighted by Crippen LogP contribution is -2.26. The number of hydrogen-bond donors (Lipinski definition) is 2. The number of hydrogen-bond acceptors (Lipinski definition) is 6. The summed E-state index contributed by atoms with van der Waals surface area (Å²) < 4.78 is 7.09. The van der Waals surface area contributed by atoms with Crippen molar-refractivity contribution in [3.63, 3.8) is 0 Å². The molecule has 8 nitrogen and oxygen atoms in total. The second-order valence-electron chi connectivity index (χ2n) is 9.47. The third-order valence-corrected chi connectivity index (χ3v) is 5.89. The standard InChI is InChI=1S/C23H27Br2N3O5/c1-22(2,3)13-23(4,5)15-9-17(24)21(18(25)10-15)33-12-20(30)27-26-11-14-8-16(28(31)32)6-7-19(14)29/h6-11,29H,12-13H2,1-5H3,(H,27,30)/b26-11+. The maximum atomic E-state index is 12.1. The SMILES string of the molecule is CC(C)(C)CC(C)(C)c1cc(Br)c(OCC(=O)N/N=C/c2cc([N+](=O)[O-])ccc2O)c(Br)c1. The molecular weight excluding hydrogens is 558 g/mol. The van der Waals surface area contributed by atoms with E-state index in [-0.39, 0.29) is 34.4 Å². The Morgan fingerprint density at radius 2 is 1.79 bits per heavy atom. The molecule has 2 aromatic carbocycles. The summed E-state index contributed by atoms with van der Waals surface area (Å²) in [4.78, 5) is 22.4. The highest BCUT2D eigenvalue weighted by molar-refractivity contribution is 9.11. The van der Waals surface area contributed by atoms with Crippen molar-refractivity contribution in [3.8, 4) is 11.5 Å². The highest BCUT2D eigenvalue weighted by Gasteiger charge is 2.28. The van der Waals surface area contributed by atoms with Crippen LogP contribution >= 0.6 is 31.9 Å². The van der Waals surface area contributed by atoms with Gasteiger partial charge in [-0.25, -0.2) is 5.43 Å². The van der Waals surface area contributed by atoms with Gasteiger partial charge in [0.2, 0.25) is 0 Å². The number of nitrogens with zero attached hydrogens (tertiary/aromatic N) is 2. The summed E-state index contributed by atoms with van der Waals surface area (Å²) in [5.41, 5.74) is 3.41. The highest BCUT2D eigenvalue weighted by Crippen LogP contribution is 2.42. The van der Waals surface area contributed by atoms with Crippen molar-refractivity contribution in [3.05, 3.63) is 60.5 Å². The van der Waals surface area contributed by atoms with Crippen LogP contribution in [-0.2, 0) is 10.2 Å². The first-order chi connectivity index (χ1) is 15.2. The predicted octanol–water partition coefficient (Wildman–Crippen LogP) is 6.07. The number of non-ortho nitro benzene ring substituents is 1. The minimum absolute atomic E-state index is 0.0635. The number of amides is 1. The van der Waals surface area contributed by atoms with Gasteiger partial charge in [0.25, 0.3) is 11.6 Å². The van der Waals surface area contributed by atoms with Gasteiger partial charge in [-0.1, -0.05) is 34.6 Å². The maximum Gasteiger partial charge on any atom is 0.277 e. The molecule has 0 aliphatic rings. The Kier molecular flexibility index (Phi) is 8.64.